The van der Waals surface area contributed by atoms with Gasteiger partial charge in [0.1, 0.15) is 0 Å². The maximum atomic E-state index is 12.2. The molecule has 0 spiro atoms. The minimum atomic E-state index is -0.0107. The van der Waals surface area contributed by atoms with E-state index in [1.807, 2.05) is 38.1 Å². The number of carbonyl (C=O) groups is 1. The third kappa shape index (κ3) is 4.73. The number of aryl methyl sites for hydroxylation is 3. The molecule has 3 rings (SSSR count). The fourth-order valence-corrected chi connectivity index (χ4v) is 3.58. The smallest absolute Gasteiger partial charge is 0.251 e. The molecule has 0 aliphatic carbocycles. The van der Waals surface area contributed by atoms with Gasteiger partial charge in [0.25, 0.3) is 5.91 Å². The highest BCUT2D eigenvalue weighted by atomic mass is 32.1. The third-order valence-corrected chi connectivity index (χ3v) is 4.77. The Morgan fingerprint density at radius 1 is 1.12 bits per heavy atom. The van der Waals surface area contributed by atoms with E-state index in [2.05, 4.69) is 26.7 Å². The van der Waals surface area contributed by atoms with E-state index >= 15 is 0 Å². The predicted molar refractivity (Wildman–Crippen MR) is 102 cm³/mol. The monoisotopic (exact) mass is 351 g/mol. The van der Waals surface area contributed by atoms with Crippen molar-refractivity contribution in [3.8, 4) is 11.3 Å². The lowest BCUT2D eigenvalue weighted by molar-refractivity contribution is 0.0953. The van der Waals surface area contributed by atoms with Crippen LogP contribution in [0.2, 0.25) is 0 Å². The lowest BCUT2D eigenvalue weighted by Gasteiger charge is -2.06. The number of pyridine rings is 1. The molecular weight excluding hydrogens is 330 g/mol. The average molecular weight is 351 g/mol. The number of rotatable bonds is 6. The summed E-state index contributed by atoms with van der Waals surface area (Å²) in [7, 11) is 0. The van der Waals surface area contributed by atoms with Gasteiger partial charge < -0.3 is 5.32 Å². The van der Waals surface area contributed by atoms with Gasteiger partial charge in [-0.05, 0) is 44.5 Å². The molecule has 2 aromatic heterocycles. The average Bonchev–Trinajstić information content (AvgIpc) is 3.07. The largest absolute Gasteiger partial charge is 0.352 e. The van der Waals surface area contributed by atoms with Crippen molar-refractivity contribution in [3.63, 3.8) is 0 Å². The maximum Gasteiger partial charge on any atom is 0.251 e. The van der Waals surface area contributed by atoms with Crippen molar-refractivity contribution >= 4 is 17.2 Å². The Balaban J connectivity index is 1.49. The maximum absolute atomic E-state index is 12.2. The van der Waals surface area contributed by atoms with Gasteiger partial charge in [0.15, 0.2) is 0 Å². The first-order chi connectivity index (χ1) is 12.1. The van der Waals surface area contributed by atoms with Crippen LogP contribution in [0.25, 0.3) is 11.3 Å². The predicted octanol–water partition coefficient (Wildman–Crippen LogP) is 4.18. The number of nitrogens with one attached hydrogen (secondary N) is 1. The lowest BCUT2D eigenvalue weighted by Crippen LogP contribution is -2.24. The van der Waals surface area contributed by atoms with E-state index < -0.39 is 0 Å². The Kier molecular flexibility index (Phi) is 5.56. The SMILES string of the molecule is Cc1cc(C)cc(C(=O)NCCCc2nc(-c3ccncc3)cs2)c1. The molecule has 0 saturated heterocycles. The van der Waals surface area contributed by atoms with E-state index in [1.54, 1.807) is 23.7 Å². The van der Waals surface area contributed by atoms with Gasteiger partial charge in [-0.3, -0.25) is 9.78 Å². The first-order valence-corrected chi connectivity index (χ1v) is 9.21. The normalized spacial score (nSPS) is 10.6. The number of amides is 1. The van der Waals surface area contributed by atoms with Crippen LogP contribution in [-0.2, 0) is 6.42 Å². The van der Waals surface area contributed by atoms with Crippen LogP contribution in [0.5, 0.6) is 0 Å². The van der Waals surface area contributed by atoms with Crippen molar-refractivity contribution in [2.24, 2.45) is 0 Å². The van der Waals surface area contributed by atoms with Crippen molar-refractivity contribution in [1.82, 2.24) is 15.3 Å². The zero-order valence-electron chi connectivity index (χ0n) is 14.5. The first kappa shape index (κ1) is 17.3. The molecule has 2 heterocycles. The highest BCUT2D eigenvalue weighted by molar-refractivity contribution is 7.09. The van der Waals surface area contributed by atoms with Crippen LogP contribution in [0.3, 0.4) is 0 Å². The van der Waals surface area contributed by atoms with Crippen LogP contribution < -0.4 is 5.32 Å². The van der Waals surface area contributed by atoms with Crippen LogP contribution >= 0.6 is 11.3 Å². The van der Waals surface area contributed by atoms with Crippen LogP contribution in [0.15, 0.2) is 48.1 Å². The van der Waals surface area contributed by atoms with Crippen molar-refractivity contribution < 1.29 is 4.79 Å². The molecule has 0 unspecified atom stereocenters. The molecule has 3 aromatic rings. The summed E-state index contributed by atoms with van der Waals surface area (Å²) in [6, 6.07) is 9.83. The van der Waals surface area contributed by atoms with Crippen molar-refractivity contribution in [2.75, 3.05) is 6.54 Å². The van der Waals surface area contributed by atoms with Gasteiger partial charge in [-0.1, -0.05) is 17.2 Å². The summed E-state index contributed by atoms with van der Waals surface area (Å²) in [5.41, 5.74) is 5.02. The summed E-state index contributed by atoms with van der Waals surface area (Å²) in [6.45, 7) is 4.66. The van der Waals surface area contributed by atoms with Crippen molar-refractivity contribution in [2.45, 2.75) is 26.7 Å². The molecule has 1 aromatic carbocycles. The molecule has 128 valence electrons. The Morgan fingerprint density at radius 3 is 2.56 bits per heavy atom. The van der Waals surface area contributed by atoms with Gasteiger partial charge in [-0.2, -0.15) is 0 Å². The molecule has 0 aliphatic rings. The first-order valence-electron chi connectivity index (χ1n) is 8.33. The number of benzene rings is 1. The van der Waals surface area contributed by atoms with Gasteiger partial charge in [0.2, 0.25) is 0 Å². The summed E-state index contributed by atoms with van der Waals surface area (Å²) in [5.74, 6) is -0.0107. The second kappa shape index (κ2) is 8.03. The van der Waals surface area contributed by atoms with Crippen LogP contribution in [0.4, 0.5) is 0 Å². The Bertz CT molecular complexity index is 838. The summed E-state index contributed by atoms with van der Waals surface area (Å²) < 4.78 is 0. The van der Waals surface area contributed by atoms with E-state index in [1.165, 1.54) is 0 Å². The molecule has 0 bridgehead atoms. The highest BCUT2D eigenvalue weighted by Crippen LogP contribution is 2.21. The molecule has 0 fully saturated rings. The molecule has 1 N–H and O–H groups in total. The molecule has 5 heteroatoms. The Labute approximate surface area is 152 Å². The molecule has 0 saturated carbocycles. The molecule has 0 atom stereocenters. The molecule has 0 radical (unpaired) electrons. The number of nitrogens with zero attached hydrogens (tertiary/aromatic N) is 2. The van der Waals surface area contributed by atoms with Gasteiger partial charge in [-0.15, -0.1) is 11.3 Å². The van der Waals surface area contributed by atoms with Crippen molar-refractivity contribution in [3.05, 3.63) is 69.8 Å². The minimum absolute atomic E-state index is 0.0107. The summed E-state index contributed by atoms with van der Waals surface area (Å²) in [4.78, 5) is 20.9. The summed E-state index contributed by atoms with van der Waals surface area (Å²) in [5, 5.41) is 6.15. The van der Waals surface area contributed by atoms with E-state index in [0.717, 1.165) is 45.8 Å². The summed E-state index contributed by atoms with van der Waals surface area (Å²) in [6.07, 6.45) is 5.29. The molecule has 0 aliphatic heterocycles. The van der Waals surface area contributed by atoms with Crippen LogP contribution in [0.1, 0.15) is 32.9 Å². The van der Waals surface area contributed by atoms with Gasteiger partial charge in [0.05, 0.1) is 10.7 Å². The fourth-order valence-electron chi connectivity index (χ4n) is 2.73. The van der Waals surface area contributed by atoms with Crippen LogP contribution in [-0.4, -0.2) is 22.4 Å². The second-order valence-corrected chi connectivity index (χ2v) is 7.04. The Hall–Kier alpha value is -2.53. The second-order valence-electron chi connectivity index (χ2n) is 6.10. The number of thiazole rings is 1. The molecule has 4 nitrogen and oxygen atoms in total. The van der Waals surface area contributed by atoms with E-state index in [4.69, 9.17) is 0 Å². The quantitative estimate of drug-likeness (QED) is 0.678. The van der Waals surface area contributed by atoms with E-state index in [-0.39, 0.29) is 5.91 Å². The highest BCUT2D eigenvalue weighted by Gasteiger charge is 2.07. The number of aromatic nitrogens is 2. The molecule has 25 heavy (non-hydrogen) atoms. The summed E-state index contributed by atoms with van der Waals surface area (Å²) >= 11 is 1.66. The fraction of sp³-hybridized carbons (Fsp3) is 0.250. The minimum Gasteiger partial charge on any atom is -0.352 e. The molecular formula is C20H21N3OS. The Morgan fingerprint density at radius 2 is 1.84 bits per heavy atom. The van der Waals surface area contributed by atoms with Gasteiger partial charge in [-0.25, -0.2) is 4.98 Å². The third-order valence-electron chi connectivity index (χ3n) is 3.86. The topological polar surface area (TPSA) is 54.9 Å². The zero-order chi connectivity index (χ0) is 17.6. The number of carbonyl (C=O) groups excluding carboxylic acids is 1. The standard InChI is InChI=1S/C20H21N3OS/c1-14-10-15(2)12-17(11-14)20(24)22-7-3-4-19-23-18(13-25-19)16-5-8-21-9-6-16/h5-6,8-13H,3-4,7H2,1-2H3,(H,22,24). The van der Waals surface area contributed by atoms with Gasteiger partial charge >= 0.3 is 0 Å². The van der Waals surface area contributed by atoms with E-state index in [9.17, 15) is 4.79 Å². The van der Waals surface area contributed by atoms with Crippen LogP contribution in [0, 0.1) is 13.8 Å². The number of hydrogen-bond acceptors (Lipinski definition) is 4. The molecule has 1 amide bonds. The van der Waals surface area contributed by atoms with Gasteiger partial charge in [0, 0.05) is 41.9 Å². The zero-order valence-corrected chi connectivity index (χ0v) is 15.3. The van der Waals surface area contributed by atoms with E-state index in [0.29, 0.717) is 6.54 Å². The number of hydrogen-bond donors (Lipinski definition) is 1. The van der Waals surface area contributed by atoms with Crippen molar-refractivity contribution in [1.29, 1.82) is 0 Å². The lowest BCUT2D eigenvalue weighted by atomic mass is 10.1.